The molecule has 1 atom stereocenters. The molecule has 32 heavy (non-hydrogen) atoms. The molecule has 0 aromatic heterocycles. The van der Waals surface area contributed by atoms with Crippen LogP contribution in [0.15, 0.2) is 53.4 Å². The number of hydrogen-bond acceptors (Lipinski definition) is 5. The second kappa shape index (κ2) is 11.0. The molecule has 0 saturated carbocycles. The van der Waals surface area contributed by atoms with Crippen molar-refractivity contribution in [2.24, 2.45) is 0 Å². The molecule has 7 nitrogen and oxygen atoms in total. The summed E-state index contributed by atoms with van der Waals surface area (Å²) >= 11 is 7.12. The molecule has 0 unspecified atom stereocenters. The van der Waals surface area contributed by atoms with E-state index in [0.29, 0.717) is 10.8 Å². The molecule has 0 aliphatic heterocycles. The Morgan fingerprint density at radius 1 is 1.06 bits per heavy atom. The Labute approximate surface area is 192 Å². The van der Waals surface area contributed by atoms with Crippen LogP contribution in [0.25, 0.3) is 0 Å². The third-order valence-corrected chi connectivity index (χ3v) is 6.30. The predicted octanol–water partition coefficient (Wildman–Crippen LogP) is 3.22. The fourth-order valence-electron chi connectivity index (χ4n) is 2.43. The van der Waals surface area contributed by atoms with E-state index in [9.17, 15) is 31.2 Å². The zero-order chi connectivity index (χ0) is 23.9. The molecular weight excluding hydrogens is 491 g/mol. The summed E-state index contributed by atoms with van der Waals surface area (Å²) in [6.07, 6.45) is -2.62. The normalized spacial score (nSPS) is 12.8. The van der Waals surface area contributed by atoms with Gasteiger partial charge in [-0.3, -0.25) is 15.0 Å². The molecule has 2 aromatic rings. The van der Waals surface area contributed by atoms with E-state index in [2.05, 4.69) is 5.32 Å². The standard InChI is InChI=1S/C19H19ClF3N3O4S2/c1-31-11-10-16(24-17(27)12-2-4-13(5-3-12)19(21,22)23)18(28)25-26-32(29,30)15-8-6-14(20)7-9-15/h2-9,16,26H,10-11H2,1H3,(H,24,27)(H,25,28)/t16-/m0/s1. The number of alkyl halides is 3. The van der Waals surface area contributed by atoms with Gasteiger partial charge in [-0.25, -0.2) is 8.42 Å². The summed E-state index contributed by atoms with van der Waals surface area (Å²) in [6.45, 7) is 0. The lowest BCUT2D eigenvalue weighted by atomic mass is 10.1. The Morgan fingerprint density at radius 3 is 2.19 bits per heavy atom. The number of halogens is 4. The fourth-order valence-corrected chi connectivity index (χ4v) is 3.88. The summed E-state index contributed by atoms with van der Waals surface area (Å²) in [5.74, 6) is -1.16. The molecule has 0 spiro atoms. The van der Waals surface area contributed by atoms with Crippen LogP contribution in [0.1, 0.15) is 22.3 Å². The van der Waals surface area contributed by atoms with Gasteiger partial charge in [-0.05, 0) is 67.0 Å². The van der Waals surface area contributed by atoms with Crippen molar-refractivity contribution in [1.29, 1.82) is 0 Å². The van der Waals surface area contributed by atoms with Gasteiger partial charge in [0, 0.05) is 10.6 Å². The van der Waals surface area contributed by atoms with Crippen LogP contribution in [0.3, 0.4) is 0 Å². The monoisotopic (exact) mass is 509 g/mol. The van der Waals surface area contributed by atoms with Crippen LogP contribution in [0, 0.1) is 0 Å². The average molecular weight is 510 g/mol. The van der Waals surface area contributed by atoms with Gasteiger partial charge in [0.15, 0.2) is 0 Å². The summed E-state index contributed by atoms with van der Waals surface area (Å²) < 4.78 is 62.6. The zero-order valence-electron chi connectivity index (χ0n) is 16.6. The van der Waals surface area contributed by atoms with E-state index in [-0.39, 0.29) is 16.9 Å². The largest absolute Gasteiger partial charge is 0.416 e. The fraction of sp³-hybridized carbons (Fsp3) is 0.263. The Balaban J connectivity index is 2.07. The number of rotatable bonds is 9. The highest BCUT2D eigenvalue weighted by Gasteiger charge is 2.30. The van der Waals surface area contributed by atoms with Crippen molar-refractivity contribution in [1.82, 2.24) is 15.6 Å². The lowest BCUT2D eigenvalue weighted by Gasteiger charge is -2.19. The Hall–Kier alpha value is -2.28. The van der Waals surface area contributed by atoms with Gasteiger partial charge < -0.3 is 5.32 Å². The van der Waals surface area contributed by atoms with Crippen molar-refractivity contribution in [2.75, 3.05) is 12.0 Å². The number of carbonyl (C=O) groups excluding carboxylic acids is 2. The number of carbonyl (C=O) groups is 2. The zero-order valence-corrected chi connectivity index (χ0v) is 19.0. The number of amides is 2. The second-order valence-corrected chi connectivity index (χ2v) is 9.54. The van der Waals surface area contributed by atoms with Gasteiger partial charge in [0.25, 0.3) is 21.8 Å². The summed E-state index contributed by atoms with van der Waals surface area (Å²) in [4.78, 5) is 26.7. The molecule has 2 amide bonds. The number of hydrogen-bond donors (Lipinski definition) is 3. The number of hydrazine groups is 1. The third-order valence-electron chi connectivity index (χ3n) is 4.14. The van der Waals surface area contributed by atoms with E-state index in [1.807, 2.05) is 10.3 Å². The van der Waals surface area contributed by atoms with Gasteiger partial charge in [0.05, 0.1) is 10.5 Å². The highest BCUT2D eigenvalue weighted by atomic mass is 35.5. The molecule has 13 heteroatoms. The first kappa shape index (κ1) is 26.0. The van der Waals surface area contributed by atoms with E-state index in [4.69, 9.17) is 11.6 Å². The van der Waals surface area contributed by atoms with Crippen LogP contribution >= 0.6 is 23.4 Å². The predicted molar refractivity (Wildman–Crippen MR) is 116 cm³/mol. The molecule has 174 valence electrons. The lowest BCUT2D eigenvalue weighted by Crippen LogP contribution is -2.52. The van der Waals surface area contributed by atoms with Crippen LogP contribution in [0.5, 0.6) is 0 Å². The quantitative estimate of drug-likeness (QED) is 0.450. The average Bonchev–Trinajstić information content (AvgIpc) is 2.74. The van der Waals surface area contributed by atoms with Crippen LogP contribution in [0.2, 0.25) is 5.02 Å². The van der Waals surface area contributed by atoms with Gasteiger partial charge in [-0.1, -0.05) is 11.6 Å². The maximum Gasteiger partial charge on any atom is 0.416 e. The maximum absolute atomic E-state index is 12.7. The number of thioether (sulfide) groups is 1. The van der Waals surface area contributed by atoms with E-state index < -0.39 is 39.6 Å². The summed E-state index contributed by atoms with van der Waals surface area (Å²) in [7, 11) is -4.09. The summed E-state index contributed by atoms with van der Waals surface area (Å²) in [5, 5.41) is 2.74. The molecule has 0 radical (unpaired) electrons. The minimum atomic E-state index is -4.54. The highest BCUT2D eigenvalue weighted by Crippen LogP contribution is 2.29. The Bertz CT molecular complexity index is 1050. The summed E-state index contributed by atoms with van der Waals surface area (Å²) in [6, 6.07) is 7.58. The molecule has 0 aliphatic rings. The van der Waals surface area contributed by atoms with Crippen molar-refractivity contribution in [3.63, 3.8) is 0 Å². The molecule has 0 saturated heterocycles. The van der Waals surface area contributed by atoms with E-state index in [0.717, 1.165) is 24.3 Å². The second-order valence-electron chi connectivity index (χ2n) is 6.43. The van der Waals surface area contributed by atoms with Gasteiger partial charge >= 0.3 is 6.18 Å². The molecule has 0 fully saturated rings. The number of sulfonamides is 1. The van der Waals surface area contributed by atoms with Crippen LogP contribution in [-0.2, 0) is 21.0 Å². The molecule has 0 aliphatic carbocycles. The topological polar surface area (TPSA) is 104 Å². The van der Waals surface area contributed by atoms with Crippen LogP contribution in [0.4, 0.5) is 13.2 Å². The molecule has 0 bridgehead atoms. The minimum Gasteiger partial charge on any atom is -0.340 e. The molecule has 3 N–H and O–H groups in total. The number of nitrogens with one attached hydrogen (secondary N) is 3. The van der Waals surface area contributed by atoms with Crippen molar-refractivity contribution in [2.45, 2.75) is 23.5 Å². The molecule has 0 heterocycles. The van der Waals surface area contributed by atoms with Crippen LogP contribution in [-0.4, -0.2) is 38.3 Å². The Morgan fingerprint density at radius 2 is 1.66 bits per heavy atom. The molecule has 2 rings (SSSR count). The Kier molecular flexibility index (Phi) is 8.96. The third kappa shape index (κ3) is 7.40. The molecule has 2 aromatic carbocycles. The molecular formula is C19H19ClF3N3O4S2. The smallest absolute Gasteiger partial charge is 0.340 e. The van der Waals surface area contributed by atoms with Crippen molar-refractivity contribution in [3.8, 4) is 0 Å². The van der Waals surface area contributed by atoms with Crippen LogP contribution < -0.4 is 15.6 Å². The van der Waals surface area contributed by atoms with Gasteiger partial charge in [-0.2, -0.15) is 24.9 Å². The first-order valence-electron chi connectivity index (χ1n) is 8.98. The maximum atomic E-state index is 12.7. The van der Waals surface area contributed by atoms with Gasteiger partial charge in [0.1, 0.15) is 6.04 Å². The minimum absolute atomic E-state index is 0.0818. The van der Waals surface area contributed by atoms with E-state index >= 15 is 0 Å². The highest BCUT2D eigenvalue weighted by molar-refractivity contribution is 7.98. The van der Waals surface area contributed by atoms with E-state index in [1.54, 1.807) is 6.26 Å². The van der Waals surface area contributed by atoms with Gasteiger partial charge in [0.2, 0.25) is 0 Å². The van der Waals surface area contributed by atoms with E-state index in [1.165, 1.54) is 36.0 Å². The van der Waals surface area contributed by atoms with Crippen molar-refractivity contribution in [3.05, 3.63) is 64.7 Å². The first-order chi connectivity index (χ1) is 14.9. The number of benzene rings is 2. The lowest BCUT2D eigenvalue weighted by molar-refractivity contribution is -0.137. The van der Waals surface area contributed by atoms with Crippen molar-refractivity contribution < 1.29 is 31.2 Å². The SMILES string of the molecule is CSCC[C@H](NC(=O)c1ccc(C(F)(F)F)cc1)C(=O)NNS(=O)(=O)c1ccc(Cl)cc1. The van der Waals surface area contributed by atoms with Crippen molar-refractivity contribution >= 4 is 45.2 Å². The summed E-state index contributed by atoms with van der Waals surface area (Å²) in [5.41, 5.74) is 1.05. The van der Waals surface area contributed by atoms with Gasteiger partial charge in [-0.15, -0.1) is 4.83 Å². The first-order valence-corrected chi connectivity index (χ1v) is 12.2.